The minimum atomic E-state index is 0. The van der Waals surface area contributed by atoms with Crippen molar-refractivity contribution in [3.05, 3.63) is 47.9 Å². The first-order valence-corrected chi connectivity index (χ1v) is 8.74. The lowest BCUT2D eigenvalue weighted by Gasteiger charge is -2.22. The maximum atomic E-state index is 5.80. The van der Waals surface area contributed by atoms with Crippen molar-refractivity contribution in [3.63, 3.8) is 0 Å². The summed E-state index contributed by atoms with van der Waals surface area (Å²) in [5.41, 5.74) is 2.27. The summed E-state index contributed by atoms with van der Waals surface area (Å²) in [4.78, 5) is 10.8. The molecule has 0 aliphatic heterocycles. The zero-order chi connectivity index (χ0) is 18.1. The highest BCUT2D eigenvalue weighted by molar-refractivity contribution is 14.0. The lowest BCUT2D eigenvalue weighted by Crippen LogP contribution is -2.38. The summed E-state index contributed by atoms with van der Waals surface area (Å²) in [6.45, 7) is 4.26. The zero-order valence-electron chi connectivity index (χ0n) is 16.1. The van der Waals surface area contributed by atoms with E-state index in [1.165, 1.54) is 5.69 Å². The second kappa shape index (κ2) is 11.8. The molecule has 2 aromatic rings. The predicted molar refractivity (Wildman–Crippen MR) is 117 cm³/mol. The molecule has 0 saturated heterocycles. The van der Waals surface area contributed by atoms with Gasteiger partial charge in [0.25, 0.3) is 0 Å². The standard InChI is InChI=1S/C19H29N5O.HI/c1-5-6-13-25-18-16(9-7-11-21-18)14-22-19(20-2)24(4)15-17-10-8-12-23(17)3;/h7-12H,5-6,13-15H2,1-4H3,(H,20,22);1H. The molecule has 2 rings (SSSR count). The van der Waals surface area contributed by atoms with E-state index < -0.39 is 0 Å². The summed E-state index contributed by atoms with van der Waals surface area (Å²) in [5.74, 6) is 1.54. The number of hydrogen-bond donors (Lipinski definition) is 1. The number of rotatable bonds is 8. The number of ether oxygens (including phenoxy) is 1. The van der Waals surface area contributed by atoms with Gasteiger partial charge in [0.05, 0.1) is 13.2 Å². The number of nitrogens with zero attached hydrogens (tertiary/aromatic N) is 4. The van der Waals surface area contributed by atoms with Crippen molar-refractivity contribution in [2.75, 3.05) is 20.7 Å². The van der Waals surface area contributed by atoms with E-state index >= 15 is 0 Å². The molecule has 0 unspecified atom stereocenters. The predicted octanol–water partition coefficient (Wildman–Crippen LogP) is 3.42. The van der Waals surface area contributed by atoms with Crippen molar-refractivity contribution in [1.82, 2.24) is 19.8 Å². The van der Waals surface area contributed by atoms with E-state index in [1.54, 1.807) is 13.2 Å². The molecule has 0 aliphatic rings. The van der Waals surface area contributed by atoms with E-state index in [-0.39, 0.29) is 24.0 Å². The van der Waals surface area contributed by atoms with E-state index in [1.807, 2.05) is 19.2 Å². The number of hydrogen-bond acceptors (Lipinski definition) is 3. The Labute approximate surface area is 173 Å². The van der Waals surface area contributed by atoms with Crippen LogP contribution in [0.4, 0.5) is 0 Å². The van der Waals surface area contributed by atoms with Crippen molar-refractivity contribution < 1.29 is 4.74 Å². The third kappa shape index (κ3) is 6.51. The average Bonchev–Trinajstić information content (AvgIpc) is 3.01. The summed E-state index contributed by atoms with van der Waals surface area (Å²) < 4.78 is 7.91. The van der Waals surface area contributed by atoms with Crippen molar-refractivity contribution in [2.24, 2.45) is 12.0 Å². The molecule has 0 radical (unpaired) electrons. The maximum absolute atomic E-state index is 5.80. The molecule has 2 aromatic heterocycles. The molecule has 0 aliphatic carbocycles. The van der Waals surface area contributed by atoms with Crippen LogP contribution < -0.4 is 10.1 Å². The van der Waals surface area contributed by atoms with Crippen LogP contribution in [0, 0.1) is 0 Å². The first-order valence-electron chi connectivity index (χ1n) is 8.74. The van der Waals surface area contributed by atoms with Gasteiger partial charge < -0.3 is 19.5 Å². The van der Waals surface area contributed by atoms with Crippen molar-refractivity contribution in [1.29, 1.82) is 0 Å². The Morgan fingerprint density at radius 2 is 2.15 bits per heavy atom. The molecule has 0 amide bonds. The second-order valence-electron chi connectivity index (χ2n) is 6.04. The number of aryl methyl sites for hydroxylation is 1. The van der Waals surface area contributed by atoms with Crippen molar-refractivity contribution in [3.8, 4) is 5.88 Å². The Bertz CT molecular complexity index is 686. The third-order valence-corrected chi connectivity index (χ3v) is 4.05. The quantitative estimate of drug-likeness (QED) is 0.278. The van der Waals surface area contributed by atoms with Crippen molar-refractivity contribution >= 4 is 29.9 Å². The Morgan fingerprint density at radius 1 is 1.35 bits per heavy atom. The van der Waals surface area contributed by atoms with E-state index in [9.17, 15) is 0 Å². The van der Waals surface area contributed by atoms with E-state index in [0.717, 1.165) is 30.9 Å². The number of pyridine rings is 1. The monoisotopic (exact) mass is 471 g/mol. The Hall–Kier alpha value is -1.77. The van der Waals surface area contributed by atoms with Gasteiger partial charge in [0.1, 0.15) is 0 Å². The second-order valence-corrected chi connectivity index (χ2v) is 6.04. The van der Waals surface area contributed by atoms with E-state index in [0.29, 0.717) is 19.0 Å². The molecule has 1 N–H and O–H groups in total. The van der Waals surface area contributed by atoms with Crippen LogP contribution in [0.15, 0.2) is 41.7 Å². The molecule has 6 nitrogen and oxygen atoms in total. The van der Waals surface area contributed by atoms with Gasteiger partial charge in [-0.2, -0.15) is 0 Å². The van der Waals surface area contributed by atoms with Crippen LogP contribution in [-0.2, 0) is 20.1 Å². The number of halogens is 1. The molecule has 26 heavy (non-hydrogen) atoms. The molecule has 0 aromatic carbocycles. The van der Waals surface area contributed by atoms with E-state index in [2.05, 4.69) is 57.1 Å². The number of aliphatic imine (C=N–C) groups is 1. The number of unbranched alkanes of at least 4 members (excludes halogenated alkanes) is 1. The number of guanidine groups is 1. The fourth-order valence-electron chi connectivity index (χ4n) is 2.54. The molecule has 0 saturated carbocycles. The van der Waals surface area contributed by atoms with Crippen LogP contribution in [0.1, 0.15) is 31.0 Å². The highest BCUT2D eigenvalue weighted by Crippen LogP contribution is 2.14. The van der Waals surface area contributed by atoms with Gasteiger partial charge in [-0.05, 0) is 24.6 Å². The van der Waals surface area contributed by atoms with Gasteiger partial charge in [0.15, 0.2) is 5.96 Å². The summed E-state index contributed by atoms with van der Waals surface area (Å²) in [7, 11) is 5.88. The SMILES string of the molecule is CCCCOc1ncccc1CNC(=NC)N(C)Cc1cccn1C.I. The van der Waals surface area contributed by atoms with Gasteiger partial charge in [0.2, 0.25) is 5.88 Å². The summed E-state index contributed by atoms with van der Waals surface area (Å²) in [6, 6.07) is 8.13. The molecule has 0 bridgehead atoms. The number of aromatic nitrogens is 2. The first-order chi connectivity index (χ1) is 12.2. The summed E-state index contributed by atoms with van der Waals surface area (Å²) >= 11 is 0. The minimum Gasteiger partial charge on any atom is -0.477 e. The molecule has 7 heteroatoms. The normalized spacial score (nSPS) is 11.0. The molecule has 0 fully saturated rings. The van der Waals surface area contributed by atoms with Crippen LogP contribution in [0.2, 0.25) is 0 Å². The van der Waals surface area contributed by atoms with Gasteiger partial charge >= 0.3 is 0 Å². The van der Waals surface area contributed by atoms with Crippen LogP contribution in [0.3, 0.4) is 0 Å². The van der Waals surface area contributed by atoms with Gasteiger partial charge in [-0.25, -0.2) is 4.98 Å². The molecule has 2 heterocycles. The molecule has 0 spiro atoms. The Balaban J connectivity index is 0.00000338. The van der Waals surface area contributed by atoms with Crippen LogP contribution in [0.25, 0.3) is 0 Å². The topological polar surface area (TPSA) is 54.7 Å². The highest BCUT2D eigenvalue weighted by atomic mass is 127. The lowest BCUT2D eigenvalue weighted by molar-refractivity contribution is 0.294. The van der Waals surface area contributed by atoms with Gasteiger partial charge in [-0.15, -0.1) is 24.0 Å². The fourth-order valence-corrected chi connectivity index (χ4v) is 2.54. The minimum absolute atomic E-state index is 0. The van der Waals surface area contributed by atoms with Crippen molar-refractivity contribution in [2.45, 2.75) is 32.9 Å². The highest BCUT2D eigenvalue weighted by Gasteiger charge is 2.10. The van der Waals surface area contributed by atoms with Crippen LogP contribution in [0.5, 0.6) is 5.88 Å². The molecule has 144 valence electrons. The summed E-state index contributed by atoms with van der Waals surface area (Å²) in [5, 5.41) is 3.39. The largest absolute Gasteiger partial charge is 0.477 e. The van der Waals surface area contributed by atoms with Gasteiger partial charge in [0, 0.05) is 51.3 Å². The smallest absolute Gasteiger partial charge is 0.218 e. The van der Waals surface area contributed by atoms with Gasteiger partial charge in [-0.3, -0.25) is 4.99 Å². The summed E-state index contributed by atoms with van der Waals surface area (Å²) in [6.07, 6.45) is 5.96. The number of nitrogens with one attached hydrogen (secondary N) is 1. The lowest BCUT2D eigenvalue weighted by atomic mass is 10.2. The molecular weight excluding hydrogens is 441 g/mol. The first kappa shape index (κ1) is 22.3. The third-order valence-electron chi connectivity index (χ3n) is 4.05. The average molecular weight is 471 g/mol. The Morgan fingerprint density at radius 3 is 2.81 bits per heavy atom. The molecular formula is C19H30IN5O. The van der Waals surface area contributed by atoms with Crippen LogP contribution in [-0.4, -0.2) is 41.1 Å². The van der Waals surface area contributed by atoms with Crippen LogP contribution >= 0.6 is 24.0 Å². The van der Waals surface area contributed by atoms with E-state index in [4.69, 9.17) is 4.74 Å². The zero-order valence-corrected chi connectivity index (χ0v) is 18.4. The van der Waals surface area contributed by atoms with Gasteiger partial charge in [-0.1, -0.05) is 19.4 Å². The maximum Gasteiger partial charge on any atom is 0.218 e. The fraction of sp³-hybridized carbons (Fsp3) is 0.474. The Kier molecular flexibility index (Phi) is 10.1. The molecule has 0 atom stereocenters.